The van der Waals surface area contributed by atoms with Crippen LogP contribution >= 0.6 is 0 Å². The number of Topliss-reactive ketones (excluding diaryl/α,β-unsaturated/α-hetero) is 1. The van der Waals surface area contributed by atoms with Crippen molar-refractivity contribution < 1.29 is 33.7 Å². The number of hydrogen-bond acceptors (Lipinski definition) is 8. The van der Waals surface area contributed by atoms with E-state index in [2.05, 4.69) is 6.07 Å². The molecule has 1 N–H and O–H groups in total. The molecule has 4 aliphatic heterocycles. The number of nitriles is 1. The third kappa shape index (κ3) is 3.65. The van der Waals surface area contributed by atoms with Crippen LogP contribution in [0.2, 0.25) is 0 Å². The maximum atomic E-state index is 14.1. The summed E-state index contributed by atoms with van der Waals surface area (Å²) in [5.41, 5.74) is -1.54. The molecule has 4 heterocycles. The lowest BCUT2D eigenvalue weighted by atomic mass is 9.66. The van der Waals surface area contributed by atoms with Crippen LogP contribution in [0.1, 0.15) is 56.0 Å². The monoisotopic (exact) mass is 566 g/mol. The molecule has 2 amide bonds. The Labute approximate surface area is 242 Å². The zero-order valence-electron chi connectivity index (χ0n) is 23.5. The Balaban J connectivity index is 1.18. The molecule has 7 rings (SSSR count). The van der Waals surface area contributed by atoms with E-state index in [-0.39, 0.29) is 31.1 Å². The van der Waals surface area contributed by atoms with Crippen LogP contribution in [0.3, 0.4) is 0 Å². The number of anilines is 1. The second-order valence-electron chi connectivity index (χ2n) is 12.5. The Hall–Kier alpha value is -4.26. The zero-order chi connectivity index (χ0) is 29.6. The zero-order valence-corrected chi connectivity index (χ0v) is 23.5. The fourth-order valence-electron chi connectivity index (χ4n) is 7.50. The van der Waals surface area contributed by atoms with Gasteiger partial charge in [-0.05, 0) is 45.0 Å². The second kappa shape index (κ2) is 8.87. The highest BCUT2D eigenvalue weighted by Crippen LogP contribution is 2.62. The normalized spacial score (nSPS) is 30.7. The molecule has 0 radical (unpaired) electrons. The molecule has 2 bridgehead atoms. The molecule has 9 nitrogen and oxygen atoms in total. The Morgan fingerprint density at radius 3 is 2.52 bits per heavy atom. The van der Waals surface area contributed by atoms with Crippen LogP contribution in [0, 0.1) is 23.2 Å². The molecular formula is C33H30N2O7. The first-order valence-corrected chi connectivity index (χ1v) is 14.1. The highest BCUT2D eigenvalue weighted by Gasteiger charge is 2.77. The van der Waals surface area contributed by atoms with Gasteiger partial charge >= 0.3 is 0 Å². The van der Waals surface area contributed by atoms with Gasteiger partial charge in [0.1, 0.15) is 22.7 Å². The molecule has 3 aromatic rings. The summed E-state index contributed by atoms with van der Waals surface area (Å²) in [6.07, 6.45) is -0.167. The number of amides is 2. The van der Waals surface area contributed by atoms with E-state index in [1.807, 2.05) is 19.9 Å². The lowest BCUT2D eigenvalue weighted by Gasteiger charge is -2.33. The summed E-state index contributed by atoms with van der Waals surface area (Å²) in [6, 6.07) is 17.7. The van der Waals surface area contributed by atoms with Gasteiger partial charge in [0.2, 0.25) is 11.8 Å². The highest BCUT2D eigenvalue weighted by molar-refractivity contribution is 6.26. The average molecular weight is 567 g/mol. The summed E-state index contributed by atoms with van der Waals surface area (Å²) in [5.74, 6) is -1.45. The number of ether oxygens (including phenoxy) is 3. The quantitative estimate of drug-likeness (QED) is 0.453. The molecule has 0 unspecified atom stereocenters. The molecule has 4 aliphatic rings. The van der Waals surface area contributed by atoms with Crippen LogP contribution in [-0.4, -0.2) is 52.2 Å². The molecule has 5 atom stereocenters. The predicted molar refractivity (Wildman–Crippen MR) is 151 cm³/mol. The number of imide groups is 1. The number of carbonyl (C=O) groups is 3. The summed E-state index contributed by atoms with van der Waals surface area (Å²) in [5, 5.41) is 22.0. The molecule has 3 aromatic carbocycles. The summed E-state index contributed by atoms with van der Waals surface area (Å²) in [6.45, 7) is 5.58. The minimum Gasteiger partial charge on any atom is -0.493 e. The number of fused-ring (bicyclic) bond motifs is 7. The number of ketones is 1. The van der Waals surface area contributed by atoms with Crippen LogP contribution < -0.4 is 14.4 Å². The molecule has 0 aromatic heterocycles. The van der Waals surface area contributed by atoms with Gasteiger partial charge in [-0.25, -0.2) is 4.90 Å². The fourth-order valence-corrected chi connectivity index (χ4v) is 7.50. The van der Waals surface area contributed by atoms with Crippen molar-refractivity contribution in [1.82, 2.24) is 0 Å². The minimum atomic E-state index is -1.22. The molecule has 0 spiro atoms. The standard InChI is InChI=1S/C33H30N2O7/c1-31(2)15-24(36)22-10-9-19(14-25(22)41-31)40-13-12-33-16-26(37)32(3,42-33)27-28(33)30(39)35(29(27)38)23-11-8-18(17-34)20-6-4-5-7-21(20)23/h4-11,14,26-28,37H,12-13,15-16H2,1-3H3/t26-,27-,28+,32-,33+/m0/s1. The number of rotatable bonds is 5. The van der Waals surface area contributed by atoms with Crippen molar-refractivity contribution in [3.63, 3.8) is 0 Å². The SMILES string of the molecule is CC1(C)CC(=O)c2ccc(OCC[C@]34C[C@H](O)[C@](C)(O3)[C@@H]3C(=O)N(c5ccc(C#N)c6ccccc56)C(=O)[C@@H]34)cc2O1. The topological polar surface area (TPSA) is 126 Å². The third-order valence-corrected chi connectivity index (χ3v) is 9.40. The largest absolute Gasteiger partial charge is 0.493 e. The average Bonchev–Trinajstić information content (AvgIpc) is 3.48. The van der Waals surface area contributed by atoms with Crippen molar-refractivity contribution in [3.05, 3.63) is 65.7 Å². The van der Waals surface area contributed by atoms with Gasteiger partial charge in [0.25, 0.3) is 0 Å². The van der Waals surface area contributed by atoms with Gasteiger partial charge in [0.15, 0.2) is 5.78 Å². The van der Waals surface area contributed by atoms with Crippen LogP contribution in [0.4, 0.5) is 5.69 Å². The first-order chi connectivity index (χ1) is 20.0. The van der Waals surface area contributed by atoms with Gasteiger partial charge in [-0.3, -0.25) is 14.4 Å². The number of aliphatic hydroxyl groups excluding tert-OH is 1. The molecule has 0 saturated carbocycles. The van der Waals surface area contributed by atoms with E-state index >= 15 is 0 Å². The lowest BCUT2D eigenvalue weighted by molar-refractivity contribution is -0.134. The van der Waals surface area contributed by atoms with Gasteiger partial charge < -0.3 is 19.3 Å². The first kappa shape index (κ1) is 26.6. The summed E-state index contributed by atoms with van der Waals surface area (Å²) < 4.78 is 18.5. The Bertz CT molecular complexity index is 1740. The molecule has 3 saturated heterocycles. The van der Waals surface area contributed by atoms with Gasteiger partial charge in [-0.1, -0.05) is 24.3 Å². The maximum absolute atomic E-state index is 14.1. The van der Waals surface area contributed by atoms with Crippen molar-refractivity contribution >= 4 is 34.1 Å². The molecule has 214 valence electrons. The molecule has 0 aliphatic carbocycles. The number of benzene rings is 3. The van der Waals surface area contributed by atoms with Crippen molar-refractivity contribution in [2.75, 3.05) is 11.5 Å². The van der Waals surface area contributed by atoms with Crippen molar-refractivity contribution in [2.24, 2.45) is 11.8 Å². The smallest absolute Gasteiger partial charge is 0.240 e. The second-order valence-corrected chi connectivity index (χ2v) is 12.5. The van der Waals surface area contributed by atoms with Gasteiger partial charge in [0, 0.05) is 29.7 Å². The van der Waals surface area contributed by atoms with E-state index in [4.69, 9.17) is 14.2 Å². The lowest BCUT2D eigenvalue weighted by Crippen LogP contribution is -2.49. The van der Waals surface area contributed by atoms with Crippen LogP contribution in [-0.2, 0) is 14.3 Å². The predicted octanol–water partition coefficient (Wildman–Crippen LogP) is 4.32. The first-order valence-electron chi connectivity index (χ1n) is 14.1. The molecule has 42 heavy (non-hydrogen) atoms. The van der Waals surface area contributed by atoms with Crippen molar-refractivity contribution in [1.29, 1.82) is 5.26 Å². The van der Waals surface area contributed by atoms with Crippen LogP contribution in [0.15, 0.2) is 54.6 Å². The third-order valence-electron chi connectivity index (χ3n) is 9.40. The van der Waals surface area contributed by atoms with E-state index in [0.29, 0.717) is 45.5 Å². The van der Waals surface area contributed by atoms with Gasteiger partial charge in [0.05, 0.1) is 59.5 Å². The number of nitrogens with zero attached hydrogens (tertiary/aromatic N) is 2. The maximum Gasteiger partial charge on any atom is 0.240 e. The van der Waals surface area contributed by atoms with E-state index in [1.54, 1.807) is 55.5 Å². The van der Waals surface area contributed by atoms with E-state index < -0.39 is 40.7 Å². The van der Waals surface area contributed by atoms with E-state index in [0.717, 1.165) is 0 Å². The van der Waals surface area contributed by atoms with Gasteiger partial charge in [-0.15, -0.1) is 0 Å². The Morgan fingerprint density at radius 2 is 1.76 bits per heavy atom. The molecular weight excluding hydrogens is 536 g/mol. The highest BCUT2D eigenvalue weighted by atomic mass is 16.6. The Kier molecular flexibility index (Phi) is 5.62. The summed E-state index contributed by atoms with van der Waals surface area (Å²) >= 11 is 0. The number of hydrogen-bond donors (Lipinski definition) is 1. The fraction of sp³-hybridized carbons (Fsp3) is 0.394. The summed E-state index contributed by atoms with van der Waals surface area (Å²) in [7, 11) is 0. The number of aliphatic hydroxyl groups is 1. The van der Waals surface area contributed by atoms with Crippen LogP contribution in [0.5, 0.6) is 11.5 Å². The Morgan fingerprint density at radius 1 is 1.02 bits per heavy atom. The molecule has 3 fully saturated rings. The van der Waals surface area contributed by atoms with Crippen molar-refractivity contribution in [3.8, 4) is 17.6 Å². The van der Waals surface area contributed by atoms with Crippen LogP contribution in [0.25, 0.3) is 10.8 Å². The van der Waals surface area contributed by atoms with E-state index in [9.17, 15) is 24.8 Å². The van der Waals surface area contributed by atoms with E-state index in [1.165, 1.54) is 4.90 Å². The minimum absolute atomic E-state index is 0.0142. The molecule has 9 heteroatoms. The van der Waals surface area contributed by atoms with Gasteiger partial charge in [-0.2, -0.15) is 5.26 Å². The summed E-state index contributed by atoms with van der Waals surface area (Å²) in [4.78, 5) is 41.8. The van der Waals surface area contributed by atoms with Crippen molar-refractivity contribution in [2.45, 2.75) is 62.9 Å². The number of carbonyl (C=O) groups excluding carboxylic acids is 3.